The van der Waals surface area contributed by atoms with Gasteiger partial charge in [0.05, 0.1) is 12.2 Å². The number of ether oxygens (including phenoxy) is 1. The Labute approximate surface area is 213 Å². The number of rotatable bonds is 1. The van der Waals surface area contributed by atoms with E-state index < -0.39 is 40.4 Å². The van der Waals surface area contributed by atoms with E-state index in [1.165, 1.54) is 5.57 Å². The first kappa shape index (κ1) is 25.5. The summed E-state index contributed by atoms with van der Waals surface area (Å²) >= 11 is 0. The van der Waals surface area contributed by atoms with Crippen LogP contribution in [-0.2, 0) is 14.3 Å². The molecule has 1 heterocycles. The summed E-state index contributed by atoms with van der Waals surface area (Å²) < 4.78 is 6.07. The van der Waals surface area contributed by atoms with Crippen molar-refractivity contribution in [3.05, 3.63) is 47.3 Å². The second-order valence-electron chi connectivity index (χ2n) is 12.4. The Kier molecular flexibility index (Phi) is 5.96. The number of Topliss-reactive ketones (excluding diaryl/α,β-unsaturated/α-hetero) is 1. The molecule has 5 aliphatic rings. The van der Waals surface area contributed by atoms with Crippen LogP contribution in [0.1, 0.15) is 66.7 Å². The van der Waals surface area contributed by atoms with E-state index in [0.717, 1.165) is 6.42 Å². The molecule has 0 aromatic heterocycles. The molecule has 1 saturated heterocycles. The maximum Gasteiger partial charge on any atom is 0.346 e. The third kappa shape index (κ3) is 3.22. The van der Waals surface area contributed by atoms with Gasteiger partial charge < -0.3 is 20.1 Å². The zero-order valence-electron chi connectivity index (χ0n) is 22.0. The fraction of sp³-hybridized carbons (Fsp3) is 0.667. The van der Waals surface area contributed by atoms with Gasteiger partial charge in [-0.25, -0.2) is 4.79 Å². The van der Waals surface area contributed by atoms with Gasteiger partial charge in [-0.15, -0.1) is 0 Å². The second-order valence-corrected chi connectivity index (χ2v) is 12.4. The highest BCUT2D eigenvalue weighted by Crippen LogP contribution is 2.60. The summed E-state index contributed by atoms with van der Waals surface area (Å²) in [6, 6.07) is 0. The van der Waals surface area contributed by atoms with Gasteiger partial charge in [0.1, 0.15) is 11.3 Å². The first-order valence-corrected chi connectivity index (χ1v) is 13.5. The van der Waals surface area contributed by atoms with E-state index in [2.05, 4.69) is 32.1 Å². The molecule has 0 aromatic carbocycles. The molecule has 0 aromatic rings. The maximum atomic E-state index is 14.3. The van der Waals surface area contributed by atoms with E-state index in [9.17, 15) is 24.9 Å². The van der Waals surface area contributed by atoms with Gasteiger partial charge in [-0.05, 0) is 50.4 Å². The molecule has 6 nitrogen and oxygen atoms in total. The highest BCUT2D eigenvalue weighted by atomic mass is 16.6. The number of fused-ring (bicyclic) bond motifs is 4. The molecule has 4 aliphatic carbocycles. The molecule has 1 saturated carbocycles. The van der Waals surface area contributed by atoms with Crippen molar-refractivity contribution >= 4 is 11.8 Å². The third-order valence-electron chi connectivity index (χ3n) is 10.7. The Morgan fingerprint density at radius 1 is 1.14 bits per heavy atom. The lowest BCUT2D eigenvalue weighted by atomic mass is 9.52. The Morgan fingerprint density at radius 2 is 1.86 bits per heavy atom. The van der Waals surface area contributed by atoms with E-state index in [-0.39, 0.29) is 40.9 Å². The summed E-state index contributed by atoms with van der Waals surface area (Å²) in [7, 11) is 0. The van der Waals surface area contributed by atoms with Crippen molar-refractivity contribution in [2.24, 2.45) is 40.4 Å². The van der Waals surface area contributed by atoms with Gasteiger partial charge in [-0.1, -0.05) is 63.6 Å². The van der Waals surface area contributed by atoms with E-state index in [4.69, 9.17) is 4.74 Å². The molecule has 0 radical (unpaired) electrons. The molecule has 0 unspecified atom stereocenters. The monoisotopic (exact) mass is 496 g/mol. The number of hydrogen-bond acceptors (Lipinski definition) is 6. The van der Waals surface area contributed by atoms with Gasteiger partial charge in [0.2, 0.25) is 5.78 Å². The fourth-order valence-corrected chi connectivity index (χ4v) is 8.03. The highest BCUT2D eigenvalue weighted by Gasteiger charge is 2.66. The predicted octanol–water partition coefficient (Wildman–Crippen LogP) is 4.58. The maximum absolute atomic E-state index is 14.3. The van der Waals surface area contributed by atoms with E-state index in [1.54, 1.807) is 0 Å². The van der Waals surface area contributed by atoms with Crippen molar-refractivity contribution in [2.45, 2.75) is 84.5 Å². The predicted molar refractivity (Wildman–Crippen MR) is 136 cm³/mol. The first-order valence-electron chi connectivity index (χ1n) is 13.5. The number of allylic oxidation sites excluding steroid dienone is 5. The molecular weight excluding hydrogens is 456 g/mol. The molecule has 5 rings (SSSR count). The summed E-state index contributed by atoms with van der Waals surface area (Å²) in [6.45, 7) is 9.85. The van der Waals surface area contributed by atoms with Gasteiger partial charge >= 0.3 is 5.97 Å². The molecule has 1 aliphatic heterocycles. The van der Waals surface area contributed by atoms with Crippen LogP contribution in [0.25, 0.3) is 0 Å². The second kappa shape index (κ2) is 8.42. The van der Waals surface area contributed by atoms with Crippen LogP contribution in [0, 0.1) is 40.4 Å². The lowest BCUT2D eigenvalue weighted by Crippen LogP contribution is -2.55. The van der Waals surface area contributed by atoms with E-state index in [0.29, 0.717) is 25.7 Å². The Morgan fingerprint density at radius 3 is 2.56 bits per heavy atom. The lowest BCUT2D eigenvalue weighted by Gasteiger charge is -2.53. The molecule has 6 heteroatoms. The van der Waals surface area contributed by atoms with Crippen LogP contribution in [-0.4, -0.2) is 44.9 Å². The van der Waals surface area contributed by atoms with Crippen LogP contribution >= 0.6 is 0 Å². The molecule has 1 spiro atoms. The van der Waals surface area contributed by atoms with Crippen molar-refractivity contribution in [2.75, 3.05) is 0 Å². The van der Waals surface area contributed by atoms with E-state index in [1.807, 2.05) is 32.9 Å². The van der Waals surface area contributed by atoms with Crippen LogP contribution in [0.4, 0.5) is 0 Å². The largest absolute Gasteiger partial charge is 0.511 e. The van der Waals surface area contributed by atoms with Crippen LogP contribution in [0.5, 0.6) is 0 Å². The minimum Gasteiger partial charge on any atom is -0.511 e. The van der Waals surface area contributed by atoms with Crippen molar-refractivity contribution in [3.63, 3.8) is 0 Å². The Balaban J connectivity index is 1.72. The van der Waals surface area contributed by atoms with Crippen LogP contribution in [0.2, 0.25) is 0 Å². The molecular formula is C30H40O6. The average Bonchev–Trinajstić information content (AvgIpc) is 3.08. The van der Waals surface area contributed by atoms with Gasteiger partial charge in [-0.2, -0.15) is 0 Å². The molecule has 36 heavy (non-hydrogen) atoms. The van der Waals surface area contributed by atoms with Crippen LogP contribution < -0.4 is 0 Å². The SMILES string of the molecule is CC[C@@H]1C[C@]23OC(=O)/C(=C(\O)[C@@]4(C)[C@@H]5C[C@H](O)[C@H](C)[C@H](O)[C@H]5C=C[C@H]4C/C=C\C[C@]2(C)C=C1C)C3=O. The number of carbonyl (C=O) groups excluding carboxylic acids is 2. The molecule has 196 valence electrons. The van der Waals surface area contributed by atoms with E-state index >= 15 is 0 Å². The number of esters is 1. The summed E-state index contributed by atoms with van der Waals surface area (Å²) in [5.74, 6) is -2.46. The zero-order valence-corrected chi connectivity index (χ0v) is 22.0. The van der Waals surface area contributed by atoms with Gasteiger partial charge in [0.15, 0.2) is 5.60 Å². The Hall–Kier alpha value is -2.18. The summed E-state index contributed by atoms with van der Waals surface area (Å²) in [5.41, 5.74) is -2.15. The van der Waals surface area contributed by atoms with Gasteiger partial charge in [0, 0.05) is 29.1 Å². The van der Waals surface area contributed by atoms with Crippen molar-refractivity contribution in [1.82, 2.24) is 0 Å². The zero-order chi connectivity index (χ0) is 26.2. The number of carbonyl (C=O) groups is 2. The fourth-order valence-electron chi connectivity index (χ4n) is 8.03. The standard InChI is InChI=1S/C30H40O6/c1-6-18-15-30-26(34)23(27(35)36-30)25(33)29(5)19(9-7-8-12-28(30,4)14-16(18)2)10-11-20-21(29)13-22(31)17(3)24(20)32/h7-8,10-11,14,17-22,24,31-33H,6,9,12-13,15H2,1-5H3/b8-7-,25-23-/t17-,18+,19+,20-,21+,22-,24-,28+,29+,30+/m0/s1. The van der Waals surface area contributed by atoms with Gasteiger partial charge in [-0.3, -0.25) is 4.79 Å². The number of aliphatic hydroxyl groups excluding tert-OH is 3. The summed E-state index contributed by atoms with van der Waals surface area (Å²) in [4.78, 5) is 27.8. The summed E-state index contributed by atoms with van der Waals surface area (Å²) in [5, 5.41) is 33.8. The smallest absolute Gasteiger partial charge is 0.346 e. The van der Waals surface area contributed by atoms with Crippen LogP contribution in [0.3, 0.4) is 0 Å². The number of ketones is 1. The molecule has 10 atom stereocenters. The average molecular weight is 497 g/mol. The topological polar surface area (TPSA) is 104 Å². The first-order chi connectivity index (χ1) is 16.9. The van der Waals surface area contributed by atoms with Crippen molar-refractivity contribution < 1.29 is 29.6 Å². The summed E-state index contributed by atoms with van der Waals surface area (Å²) in [6.07, 6.45) is 11.5. The molecule has 0 amide bonds. The third-order valence-corrected chi connectivity index (χ3v) is 10.7. The molecule has 2 fully saturated rings. The van der Waals surface area contributed by atoms with Crippen molar-refractivity contribution in [3.8, 4) is 0 Å². The normalized spacial score (nSPS) is 51.3. The highest BCUT2D eigenvalue weighted by molar-refractivity contribution is 6.26. The quantitative estimate of drug-likeness (QED) is 0.279. The number of aliphatic hydroxyl groups is 3. The minimum absolute atomic E-state index is 0.112. The Bertz CT molecular complexity index is 1100. The number of hydrogen-bond donors (Lipinski definition) is 3. The molecule has 3 N–H and O–H groups in total. The van der Waals surface area contributed by atoms with Gasteiger partial charge in [0.25, 0.3) is 0 Å². The van der Waals surface area contributed by atoms with Crippen molar-refractivity contribution in [1.29, 1.82) is 0 Å². The minimum atomic E-state index is -1.36. The van der Waals surface area contributed by atoms with Crippen LogP contribution in [0.15, 0.2) is 47.3 Å². The lowest BCUT2D eigenvalue weighted by molar-refractivity contribution is -0.165. The molecule has 2 bridgehead atoms.